The van der Waals surface area contributed by atoms with Gasteiger partial charge in [0.25, 0.3) is 17.4 Å². The van der Waals surface area contributed by atoms with Gasteiger partial charge in [-0.1, -0.05) is 18.2 Å². The highest BCUT2D eigenvalue weighted by atomic mass is 16.8. The Morgan fingerprint density at radius 3 is 1.46 bits per heavy atom. The summed E-state index contributed by atoms with van der Waals surface area (Å²) in [6, 6.07) is 11.2. The van der Waals surface area contributed by atoms with Crippen molar-refractivity contribution in [3.05, 3.63) is 86.6 Å². The Morgan fingerprint density at radius 2 is 0.969 bits per heavy atom. The molecule has 4 rings (SSSR count). The number of fused-ring (bicyclic) bond motifs is 1. The number of hydrogen-bond donors (Lipinski definition) is 1. The van der Waals surface area contributed by atoms with Crippen LogP contribution in [0.15, 0.2) is 68.6 Å². The van der Waals surface area contributed by atoms with E-state index in [4.69, 9.17) is 33.8 Å². The van der Waals surface area contributed by atoms with E-state index < -0.39 is 94.9 Å². The van der Waals surface area contributed by atoms with E-state index in [0.29, 0.717) is 0 Å². The number of aromatic nitrogens is 1. The average molecular weight is 913 g/mol. The first kappa shape index (κ1) is 49.0. The first-order valence-corrected chi connectivity index (χ1v) is 18.7. The molecule has 2 N–H and O–H groups in total. The summed E-state index contributed by atoms with van der Waals surface area (Å²) in [5, 5.41) is -0.146. The fourth-order valence-electron chi connectivity index (χ4n) is 5.79. The van der Waals surface area contributed by atoms with Crippen LogP contribution < -0.4 is 40.7 Å². The Labute approximate surface area is 365 Å². The Bertz CT molecular complexity index is 2580. The maximum absolute atomic E-state index is 14.4. The van der Waals surface area contributed by atoms with Gasteiger partial charge in [-0.3, -0.25) is 19.2 Å². The molecule has 1 aromatic heterocycles. The van der Waals surface area contributed by atoms with Crippen molar-refractivity contribution in [2.75, 3.05) is 61.7 Å². The van der Waals surface area contributed by atoms with E-state index in [0.717, 1.165) is 49.9 Å². The zero-order valence-electron chi connectivity index (χ0n) is 35.1. The fraction of sp³-hybridized carbons (Fsp3) is 0.300. The van der Waals surface area contributed by atoms with E-state index in [9.17, 15) is 47.9 Å². The van der Waals surface area contributed by atoms with Crippen molar-refractivity contribution in [3.8, 4) is 28.7 Å². The van der Waals surface area contributed by atoms with Crippen LogP contribution in [0, 0.1) is 0 Å². The molecule has 346 valence electrons. The second-order valence-corrected chi connectivity index (χ2v) is 12.7. The average Bonchev–Trinajstić information content (AvgIpc) is 3.29. The molecule has 0 fully saturated rings. The number of amides is 3. The lowest BCUT2D eigenvalue weighted by molar-refractivity contribution is -0.118. The Kier molecular flexibility index (Phi) is 17.3. The maximum atomic E-state index is 14.4. The Balaban J connectivity index is 1.72. The summed E-state index contributed by atoms with van der Waals surface area (Å²) in [5.41, 5.74) is 3.54. The molecule has 0 saturated heterocycles. The van der Waals surface area contributed by atoms with Gasteiger partial charge in [0.1, 0.15) is 0 Å². The molecule has 0 aliphatic heterocycles. The van der Waals surface area contributed by atoms with Crippen molar-refractivity contribution in [3.63, 3.8) is 0 Å². The van der Waals surface area contributed by atoms with Gasteiger partial charge in [0.2, 0.25) is 5.91 Å². The number of carbonyl (C=O) groups is 8. The number of rotatable bonds is 17. The number of nitrogens with two attached hydrogens (primary N) is 1. The third-order valence-electron chi connectivity index (χ3n) is 8.65. The molecule has 0 saturated carbocycles. The predicted octanol–water partition coefficient (Wildman–Crippen LogP) is 3.23. The number of nitrogens with zero attached hydrogens (tertiary/aromatic N) is 3. The zero-order chi connectivity index (χ0) is 47.8. The predicted molar refractivity (Wildman–Crippen MR) is 215 cm³/mol. The molecule has 25 heteroatoms. The van der Waals surface area contributed by atoms with E-state index in [2.05, 4.69) is 23.7 Å². The fourth-order valence-corrected chi connectivity index (χ4v) is 5.79. The quantitative estimate of drug-likeness (QED) is 0.0902. The number of methoxy groups -OCH3 is 5. The van der Waals surface area contributed by atoms with E-state index in [1.807, 2.05) is 0 Å². The van der Waals surface area contributed by atoms with Gasteiger partial charge in [-0.15, -0.1) is 0 Å². The smallest absolute Gasteiger partial charge is 0.437 e. The van der Waals surface area contributed by atoms with Gasteiger partial charge in [-0.25, -0.2) is 33.3 Å². The molecular weight excluding hydrogens is 872 g/mol. The second-order valence-electron chi connectivity index (χ2n) is 12.7. The second kappa shape index (κ2) is 23.0. The van der Waals surface area contributed by atoms with Crippen LogP contribution in [0.3, 0.4) is 0 Å². The minimum Gasteiger partial charge on any atom is -0.437 e. The lowest BCUT2D eigenvalue weighted by Crippen LogP contribution is -2.41. The number of benzene rings is 3. The van der Waals surface area contributed by atoms with Crippen LogP contribution in [-0.2, 0) is 35.0 Å². The molecular formula is C40H40N4O21. The molecule has 0 radical (unpaired) electrons. The van der Waals surface area contributed by atoms with Crippen LogP contribution in [-0.4, -0.2) is 125 Å². The monoisotopic (exact) mass is 912 g/mol. The number of hydrogen-bond acceptors (Lipinski definition) is 21. The van der Waals surface area contributed by atoms with Gasteiger partial charge in [0.05, 0.1) is 58.6 Å². The molecule has 3 amide bonds. The van der Waals surface area contributed by atoms with Gasteiger partial charge < -0.3 is 67.3 Å². The number of ether oxygens (including phenoxy) is 10. The van der Waals surface area contributed by atoms with Crippen molar-refractivity contribution >= 4 is 59.5 Å². The maximum Gasteiger partial charge on any atom is 0.513 e. The SMILES string of the molecule is COC(=O)Oc1cccc(C(=O)N(CCCN(CC(N)=O)C(=O)c2cccc(OC(=O)OC)c2OC(=O)OC)CCCn2c(=O)oc3c(OC(=O)OC)cccc3c2=O)c1OC(=O)OC. The van der Waals surface area contributed by atoms with Gasteiger partial charge in [-0.05, 0) is 49.2 Å². The van der Waals surface area contributed by atoms with Gasteiger partial charge >= 0.3 is 36.5 Å². The summed E-state index contributed by atoms with van der Waals surface area (Å²) in [6.07, 6.45) is -6.54. The highest BCUT2D eigenvalue weighted by molar-refractivity contribution is 6.00. The first-order chi connectivity index (χ1) is 31.1. The molecule has 0 unspecified atom stereocenters. The largest absolute Gasteiger partial charge is 0.513 e. The lowest BCUT2D eigenvalue weighted by Gasteiger charge is -2.27. The first-order valence-electron chi connectivity index (χ1n) is 18.7. The highest BCUT2D eigenvalue weighted by Crippen LogP contribution is 2.35. The number of primary amides is 1. The molecule has 0 spiro atoms. The number of para-hydroxylation sites is 3. The molecule has 4 aromatic rings. The highest BCUT2D eigenvalue weighted by Gasteiger charge is 2.29. The van der Waals surface area contributed by atoms with E-state index in [1.165, 1.54) is 54.6 Å². The summed E-state index contributed by atoms with van der Waals surface area (Å²) in [6.45, 7) is -1.98. The summed E-state index contributed by atoms with van der Waals surface area (Å²) in [5.74, 6) is -6.32. The summed E-state index contributed by atoms with van der Waals surface area (Å²) in [4.78, 5) is 130. The van der Waals surface area contributed by atoms with Crippen LogP contribution >= 0.6 is 0 Å². The van der Waals surface area contributed by atoms with Crippen molar-refractivity contribution in [1.29, 1.82) is 0 Å². The third-order valence-corrected chi connectivity index (χ3v) is 8.65. The summed E-state index contributed by atoms with van der Waals surface area (Å²) < 4.78 is 54.1. The van der Waals surface area contributed by atoms with Gasteiger partial charge in [-0.2, -0.15) is 0 Å². The van der Waals surface area contributed by atoms with E-state index >= 15 is 0 Å². The van der Waals surface area contributed by atoms with Crippen LogP contribution in [0.5, 0.6) is 28.7 Å². The molecule has 25 nitrogen and oxygen atoms in total. The molecule has 0 bridgehead atoms. The van der Waals surface area contributed by atoms with Crippen molar-refractivity contribution < 1.29 is 90.1 Å². The normalized spacial score (nSPS) is 10.4. The molecule has 0 aliphatic carbocycles. The van der Waals surface area contributed by atoms with Crippen molar-refractivity contribution in [2.24, 2.45) is 5.73 Å². The standard InChI is InChI=1S/C40H40N4O21/c1-55-36(50)60-25-14-8-13-24-29(25)63-35(49)44(34(24)48)20-10-18-42(32(46)22-11-6-15-26(61-37(51)56-2)30(22)64-39(53)58-4)17-9-19-43(21-28(41)45)33(47)23-12-7-16-27(62-38(52)57-3)31(23)65-40(54)59-5/h6-8,11-16H,9-10,17-21H2,1-5H3,(H2,41,45). The Hall–Kier alpha value is -8.64. The Morgan fingerprint density at radius 1 is 0.554 bits per heavy atom. The zero-order valence-corrected chi connectivity index (χ0v) is 35.1. The number of carbonyl (C=O) groups excluding carboxylic acids is 8. The van der Waals surface area contributed by atoms with Gasteiger partial charge in [0, 0.05) is 26.2 Å². The van der Waals surface area contributed by atoms with Crippen LogP contribution in [0.1, 0.15) is 33.6 Å². The summed E-state index contributed by atoms with van der Waals surface area (Å²) in [7, 11) is 5.00. The molecule has 1 heterocycles. The summed E-state index contributed by atoms with van der Waals surface area (Å²) >= 11 is 0. The van der Waals surface area contributed by atoms with Gasteiger partial charge in [0.15, 0.2) is 34.3 Å². The molecule has 0 atom stereocenters. The lowest BCUT2D eigenvalue weighted by atomic mass is 10.1. The minimum atomic E-state index is -1.31. The van der Waals surface area contributed by atoms with Crippen LogP contribution in [0.25, 0.3) is 11.0 Å². The van der Waals surface area contributed by atoms with E-state index in [1.54, 1.807) is 0 Å². The third kappa shape index (κ3) is 12.7. The van der Waals surface area contributed by atoms with Crippen molar-refractivity contribution in [1.82, 2.24) is 14.4 Å². The van der Waals surface area contributed by atoms with Crippen LogP contribution in [0.4, 0.5) is 24.0 Å². The van der Waals surface area contributed by atoms with Crippen molar-refractivity contribution in [2.45, 2.75) is 19.4 Å². The topological polar surface area (TPSA) is 314 Å². The molecule has 3 aromatic carbocycles. The van der Waals surface area contributed by atoms with E-state index in [-0.39, 0.29) is 61.3 Å². The molecule has 0 aliphatic rings. The van der Waals surface area contributed by atoms with Crippen LogP contribution in [0.2, 0.25) is 0 Å². The molecule has 65 heavy (non-hydrogen) atoms. The minimum absolute atomic E-state index is 0.142.